The molecule has 1 aliphatic rings. The average molecular weight is 562 g/mol. The molecule has 0 bridgehead atoms. The Labute approximate surface area is 224 Å². The largest absolute Gasteiger partial charge is 0.462 e. The van der Waals surface area contributed by atoms with E-state index < -0.39 is 56.6 Å². The molecule has 1 aromatic carbocycles. The van der Waals surface area contributed by atoms with Crippen molar-refractivity contribution >= 4 is 30.6 Å². The Balaban J connectivity index is 1.57. The lowest BCUT2D eigenvalue weighted by atomic mass is 9.97. The highest BCUT2D eigenvalue weighted by Gasteiger charge is 2.58. The van der Waals surface area contributed by atoms with Crippen molar-refractivity contribution in [1.82, 2.24) is 19.6 Å². The predicted octanol–water partition coefficient (Wildman–Crippen LogP) is 2.75. The molecule has 0 spiro atoms. The van der Waals surface area contributed by atoms with Gasteiger partial charge in [-0.25, -0.2) is 18.9 Å². The van der Waals surface area contributed by atoms with Crippen molar-refractivity contribution in [1.29, 1.82) is 0 Å². The number of esters is 1. The van der Waals surface area contributed by atoms with E-state index in [1.165, 1.54) is 36.1 Å². The highest BCUT2D eigenvalue weighted by atomic mass is 31.2. The molecule has 12 nitrogen and oxygen atoms in total. The second kappa shape index (κ2) is 11.3. The first-order valence-electron chi connectivity index (χ1n) is 12.0. The zero-order chi connectivity index (χ0) is 28.4. The minimum Gasteiger partial charge on any atom is -0.462 e. The summed E-state index contributed by atoms with van der Waals surface area (Å²) in [4.78, 5) is 20.4. The van der Waals surface area contributed by atoms with E-state index in [2.05, 4.69) is 15.1 Å². The summed E-state index contributed by atoms with van der Waals surface area (Å²) in [5.41, 5.74) is 3.39. The summed E-state index contributed by atoms with van der Waals surface area (Å²) in [5.74, 6) is 1.61. The average Bonchev–Trinajstić information content (AvgIpc) is 3.43. The topological polar surface area (TPSA) is 160 Å². The summed E-state index contributed by atoms with van der Waals surface area (Å²) in [6.45, 7) is 4.13. The van der Waals surface area contributed by atoms with Crippen LogP contribution in [0, 0.1) is 12.3 Å². The van der Waals surface area contributed by atoms with E-state index in [-0.39, 0.29) is 17.2 Å². The molecule has 39 heavy (non-hydrogen) atoms. The number of nitrogens with zero attached hydrogens (tertiary/aromatic N) is 3. The van der Waals surface area contributed by atoms with Crippen LogP contribution >= 0.6 is 7.75 Å². The number of anilines is 1. The zero-order valence-corrected chi connectivity index (χ0v) is 22.3. The van der Waals surface area contributed by atoms with Crippen LogP contribution in [-0.2, 0) is 23.4 Å². The first-order valence-corrected chi connectivity index (χ1v) is 13.6. The Kier molecular flexibility index (Phi) is 8.25. The van der Waals surface area contributed by atoms with Crippen molar-refractivity contribution in [3.05, 3.63) is 48.9 Å². The van der Waals surface area contributed by atoms with Crippen LogP contribution in [0.15, 0.2) is 48.9 Å². The number of nitrogen functional groups attached to an aromatic ring is 1. The Morgan fingerprint density at radius 3 is 2.72 bits per heavy atom. The molecule has 1 unspecified atom stereocenters. The monoisotopic (exact) mass is 561 g/mol. The molecule has 3 heterocycles. The number of nitrogens with one attached hydrogen (secondary N) is 1. The van der Waals surface area contributed by atoms with Gasteiger partial charge in [0, 0.05) is 6.20 Å². The van der Waals surface area contributed by atoms with E-state index in [9.17, 15) is 14.5 Å². The molecule has 0 amide bonds. The molecular formula is C25H29FN5O7P. The van der Waals surface area contributed by atoms with Crippen LogP contribution in [-0.4, -0.2) is 62.2 Å². The first-order chi connectivity index (χ1) is 18.5. The number of nitrogens with two attached hydrogens (primary N) is 1. The summed E-state index contributed by atoms with van der Waals surface area (Å²) in [6.07, 6.45) is 2.92. The molecule has 4 rings (SSSR count). The standard InChI is InChI=1S/C25H29FN5O7P/c1-5-25(26)20(32)19(37-24(25)31-12-11-18-21(27)28-14-29-22(18)31)13-35-39(34,38-17-9-7-6-8-10-17)30-16(4)23(33)36-15(2)3/h1,6-12,14-16,19-20,24,32H,13H2,2-4H3,(H,30,34)(H2,27,28,29)/t16-,19-,20-,24+,25-,39?/m1/s1. The summed E-state index contributed by atoms with van der Waals surface area (Å²) in [5, 5.41) is 13.8. The number of carbonyl (C=O) groups excluding carboxylic acids is 1. The van der Waals surface area contributed by atoms with Gasteiger partial charge >= 0.3 is 13.7 Å². The number of para-hydroxylation sites is 1. The number of terminal acetylenes is 1. The quantitative estimate of drug-likeness (QED) is 0.190. The summed E-state index contributed by atoms with van der Waals surface area (Å²) in [7, 11) is -4.31. The summed E-state index contributed by atoms with van der Waals surface area (Å²) < 4.78 is 53.1. The highest BCUT2D eigenvalue weighted by molar-refractivity contribution is 7.52. The van der Waals surface area contributed by atoms with Crippen molar-refractivity contribution in [2.75, 3.05) is 12.3 Å². The normalized spacial score (nSPS) is 25.2. The predicted molar refractivity (Wildman–Crippen MR) is 139 cm³/mol. The van der Waals surface area contributed by atoms with Crippen LogP contribution in [0.2, 0.25) is 0 Å². The van der Waals surface area contributed by atoms with E-state index in [1.807, 2.05) is 5.92 Å². The van der Waals surface area contributed by atoms with E-state index >= 15 is 4.39 Å². The number of rotatable bonds is 10. The SMILES string of the molecule is C#C[C@@]1(F)[C@H](O)[C@@H](COP(=O)(N[C@H](C)C(=O)OC(C)C)Oc2ccccc2)O[C@@H]1n1ccc2c(N)ncnc21. The van der Waals surface area contributed by atoms with Crippen LogP contribution in [0.4, 0.5) is 10.2 Å². The third-order valence-corrected chi connectivity index (χ3v) is 7.54. The number of hydrogen-bond acceptors (Lipinski definition) is 10. The molecule has 14 heteroatoms. The van der Waals surface area contributed by atoms with Crippen molar-refractivity contribution in [2.24, 2.45) is 0 Å². The molecule has 6 atom stereocenters. The number of benzene rings is 1. The number of aromatic nitrogens is 3. The lowest BCUT2D eigenvalue weighted by Crippen LogP contribution is -2.42. The Hall–Kier alpha value is -3.53. The molecule has 4 N–H and O–H groups in total. The minimum atomic E-state index is -4.31. The Morgan fingerprint density at radius 2 is 2.05 bits per heavy atom. The fraction of sp³-hybridized carbons (Fsp3) is 0.400. The van der Waals surface area contributed by atoms with Gasteiger partial charge in [-0.2, -0.15) is 5.09 Å². The van der Waals surface area contributed by atoms with Crippen molar-refractivity contribution in [2.45, 2.75) is 57.0 Å². The number of aliphatic hydroxyl groups excluding tert-OH is 1. The van der Waals surface area contributed by atoms with E-state index in [0.717, 1.165) is 0 Å². The number of hydrogen-bond donors (Lipinski definition) is 3. The van der Waals surface area contributed by atoms with Crippen LogP contribution in [0.5, 0.6) is 5.75 Å². The van der Waals surface area contributed by atoms with Gasteiger partial charge in [0.25, 0.3) is 0 Å². The van der Waals surface area contributed by atoms with Gasteiger partial charge in [0.05, 0.1) is 18.1 Å². The number of carbonyl (C=O) groups is 1. The Morgan fingerprint density at radius 1 is 1.33 bits per heavy atom. The number of aliphatic hydroxyl groups is 1. The highest BCUT2D eigenvalue weighted by Crippen LogP contribution is 2.48. The number of fused-ring (bicyclic) bond motifs is 1. The fourth-order valence-corrected chi connectivity index (χ4v) is 5.50. The molecule has 0 saturated carbocycles. The third kappa shape index (κ3) is 5.90. The number of halogens is 1. The van der Waals surface area contributed by atoms with E-state index in [1.54, 1.807) is 38.1 Å². The van der Waals surface area contributed by atoms with Crippen LogP contribution in [0.3, 0.4) is 0 Å². The molecule has 2 aromatic heterocycles. The van der Waals surface area contributed by atoms with Gasteiger partial charge in [0.1, 0.15) is 41.8 Å². The zero-order valence-electron chi connectivity index (χ0n) is 21.4. The van der Waals surface area contributed by atoms with Gasteiger partial charge in [-0.3, -0.25) is 9.32 Å². The maximum Gasteiger partial charge on any atom is 0.459 e. The summed E-state index contributed by atoms with van der Waals surface area (Å²) >= 11 is 0. The lowest BCUT2D eigenvalue weighted by molar-refractivity contribution is -0.149. The van der Waals surface area contributed by atoms with Gasteiger partial charge in [0.15, 0.2) is 6.23 Å². The maximum absolute atomic E-state index is 16.0. The molecule has 1 saturated heterocycles. The lowest BCUT2D eigenvalue weighted by Gasteiger charge is -2.25. The summed E-state index contributed by atoms with van der Waals surface area (Å²) in [6, 6.07) is 8.53. The molecule has 1 fully saturated rings. The van der Waals surface area contributed by atoms with E-state index in [4.69, 9.17) is 30.7 Å². The third-order valence-electron chi connectivity index (χ3n) is 5.89. The van der Waals surface area contributed by atoms with Crippen molar-refractivity contribution in [3.63, 3.8) is 0 Å². The molecule has 0 radical (unpaired) electrons. The second-order valence-electron chi connectivity index (χ2n) is 9.14. The van der Waals surface area contributed by atoms with Gasteiger partial charge in [-0.05, 0) is 39.0 Å². The molecular weight excluding hydrogens is 532 g/mol. The van der Waals surface area contributed by atoms with Crippen LogP contribution < -0.4 is 15.3 Å². The van der Waals surface area contributed by atoms with Crippen molar-refractivity contribution < 1.29 is 37.4 Å². The minimum absolute atomic E-state index is 0.164. The molecule has 3 aromatic rings. The molecule has 0 aliphatic carbocycles. The fourth-order valence-electron chi connectivity index (χ4n) is 4.00. The van der Waals surface area contributed by atoms with E-state index in [0.29, 0.717) is 5.39 Å². The second-order valence-corrected chi connectivity index (χ2v) is 10.8. The maximum atomic E-state index is 16.0. The van der Waals surface area contributed by atoms with Gasteiger partial charge < -0.3 is 29.4 Å². The molecule has 208 valence electrons. The van der Waals surface area contributed by atoms with Crippen LogP contribution in [0.25, 0.3) is 11.0 Å². The van der Waals surface area contributed by atoms with Gasteiger partial charge in [0.2, 0.25) is 5.67 Å². The van der Waals surface area contributed by atoms with Crippen molar-refractivity contribution in [3.8, 4) is 18.1 Å². The smallest absolute Gasteiger partial charge is 0.459 e. The number of alkyl halides is 1. The molecule has 1 aliphatic heterocycles. The van der Waals surface area contributed by atoms with Gasteiger partial charge in [-0.1, -0.05) is 24.1 Å². The van der Waals surface area contributed by atoms with Crippen LogP contribution in [0.1, 0.15) is 27.0 Å². The van der Waals surface area contributed by atoms with Gasteiger partial charge in [-0.15, -0.1) is 6.42 Å². The number of ether oxygens (including phenoxy) is 2. The first kappa shape index (κ1) is 28.5. The Bertz CT molecular complexity index is 1410.